The van der Waals surface area contributed by atoms with Gasteiger partial charge in [0.05, 0.1) is 6.10 Å². The lowest BCUT2D eigenvalue weighted by Crippen LogP contribution is -2.19. The average molecular weight is 261 g/mol. The van der Waals surface area contributed by atoms with Crippen LogP contribution in [0.25, 0.3) is 0 Å². The van der Waals surface area contributed by atoms with E-state index in [1.54, 1.807) is 0 Å². The lowest BCUT2D eigenvalue weighted by atomic mass is 9.86. The Labute approximate surface area is 117 Å². The molecule has 106 valence electrons. The van der Waals surface area contributed by atoms with Gasteiger partial charge in [0.1, 0.15) is 5.75 Å². The third kappa shape index (κ3) is 3.43. The molecule has 0 spiro atoms. The normalized spacial score (nSPS) is 16.7. The first-order chi connectivity index (χ1) is 8.88. The first kappa shape index (κ1) is 14.2. The monoisotopic (exact) mass is 261 g/mol. The Bertz CT molecular complexity index is 425. The van der Waals surface area contributed by atoms with Gasteiger partial charge in [0, 0.05) is 25.8 Å². The smallest absolute Gasteiger partial charge is 0.125 e. The van der Waals surface area contributed by atoms with E-state index < -0.39 is 0 Å². The Kier molecular flexibility index (Phi) is 4.07. The fourth-order valence-electron chi connectivity index (χ4n) is 2.69. The van der Waals surface area contributed by atoms with Gasteiger partial charge in [0.2, 0.25) is 0 Å². The zero-order valence-electron chi connectivity index (χ0n) is 13.0. The van der Waals surface area contributed by atoms with Crippen molar-refractivity contribution in [2.45, 2.75) is 58.0 Å². The molecule has 1 fully saturated rings. The van der Waals surface area contributed by atoms with E-state index in [1.807, 2.05) is 0 Å². The van der Waals surface area contributed by atoms with Gasteiger partial charge in [-0.2, -0.15) is 0 Å². The van der Waals surface area contributed by atoms with Crippen molar-refractivity contribution in [3.63, 3.8) is 0 Å². The van der Waals surface area contributed by atoms with Crippen LogP contribution in [0.1, 0.15) is 52.0 Å². The molecular formula is C17H27NO. The fourth-order valence-corrected chi connectivity index (χ4v) is 2.69. The number of anilines is 1. The number of hydrogen-bond donors (Lipinski definition) is 0. The average Bonchev–Trinajstić information content (AvgIpc) is 2.80. The minimum absolute atomic E-state index is 0.124. The molecule has 1 aliphatic rings. The number of rotatable bonds is 3. The van der Waals surface area contributed by atoms with Crippen LogP contribution in [-0.2, 0) is 5.41 Å². The Morgan fingerprint density at radius 3 is 2.26 bits per heavy atom. The molecule has 0 N–H and O–H groups in total. The van der Waals surface area contributed by atoms with Crippen LogP contribution in [0.2, 0.25) is 0 Å². The van der Waals surface area contributed by atoms with Crippen LogP contribution in [0.5, 0.6) is 5.75 Å². The molecule has 1 aromatic rings. The van der Waals surface area contributed by atoms with Gasteiger partial charge in [0.25, 0.3) is 0 Å². The standard InChI is InChI=1S/C17H27NO/c1-17(2,3)15-11-10-13(18(4)5)12-16(15)19-14-8-6-7-9-14/h10-12,14H,6-9H2,1-5H3. The Morgan fingerprint density at radius 2 is 1.74 bits per heavy atom. The van der Waals surface area contributed by atoms with Gasteiger partial charge >= 0.3 is 0 Å². The van der Waals surface area contributed by atoms with Crippen molar-refractivity contribution in [2.24, 2.45) is 0 Å². The molecule has 0 amide bonds. The number of hydrogen-bond acceptors (Lipinski definition) is 2. The first-order valence-corrected chi connectivity index (χ1v) is 7.36. The maximum absolute atomic E-state index is 6.30. The van der Waals surface area contributed by atoms with Gasteiger partial charge in [-0.1, -0.05) is 26.8 Å². The third-order valence-electron chi connectivity index (χ3n) is 3.89. The van der Waals surface area contributed by atoms with Gasteiger partial charge in [-0.05, 0) is 42.7 Å². The van der Waals surface area contributed by atoms with Gasteiger partial charge < -0.3 is 9.64 Å². The lowest BCUT2D eigenvalue weighted by Gasteiger charge is -2.26. The molecular weight excluding hydrogens is 234 g/mol. The van der Waals surface area contributed by atoms with Crippen molar-refractivity contribution < 1.29 is 4.74 Å². The molecule has 2 rings (SSSR count). The molecule has 1 aliphatic carbocycles. The number of benzene rings is 1. The maximum Gasteiger partial charge on any atom is 0.125 e. The minimum Gasteiger partial charge on any atom is -0.490 e. The van der Waals surface area contributed by atoms with Crippen LogP contribution in [0.15, 0.2) is 18.2 Å². The molecule has 0 radical (unpaired) electrons. The quantitative estimate of drug-likeness (QED) is 0.801. The summed E-state index contributed by atoms with van der Waals surface area (Å²) in [6, 6.07) is 6.60. The Hall–Kier alpha value is -1.18. The van der Waals surface area contributed by atoms with Crippen LogP contribution >= 0.6 is 0 Å². The largest absolute Gasteiger partial charge is 0.490 e. The van der Waals surface area contributed by atoms with Crippen LogP contribution in [-0.4, -0.2) is 20.2 Å². The summed E-state index contributed by atoms with van der Waals surface area (Å²) in [7, 11) is 4.15. The topological polar surface area (TPSA) is 12.5 Å². The van der Waals surface area contributed by atoms with Crippen molar-refractivity contribution in [3.8, 4) is 5.75 Å². The second-order valence-electron chi connectivity index (χ2n) is 6.85. The summed E-state index contributed by atoms with van der Waals surface area (Å²) < 4.78 is 6.30. The predicted octanol–water partition coefficient (Wildman–Crippen LogP) is 4.37. The van der Waals surface area contributed by atoms with Gasteiger partial charge in [0.15, 0.2) is 0 Å². The van der Waals surface area contributed by atoms with Crippen molar-refractivity contribution in [1.82, 2.24) is 0 Å². The van der Waals surface area contributed by atoms with E-state index in [0.29, 0.717) is 6.10 Å². The van der Waals surface area contributed by atoms with E-state index in [-0.39, 0.29) is 5.41 Å². The predicted molar refractivity (Wildman–Crippen MR) is 82.4 cm³/mol. The molecule has 2 heteroatoms. The molecule has 0 unspecified atom stereocenters. The van der Waals surface area contributed by atoms with Gasteiger partial charge in [-0.15, -0.1) is 0 Å². The summed E-state index contributed by atoms with van der Waals surface area (Å²) in [5.74, 6) is 1.07. The van der Waals surface area contributed by atoms with Crippen molar-refractivity contribution in [3.05, 3.63) is 23.8 Å². The van der Waals surface area contributed by atoms with Crippen molar-refractivity contribution in [2.75, 3.05) is 19.0 Å². The number of nitrogens with zero attached hydrogens (tertiary/aromatic N) is 1. The highest BCUT2D eigenvalue weighted by molar-refractivity contribution is 5.54. The summed E-state index contributed by atoms with van der Waals surface area (Å²) in [5.41, 5.74) is 2.64. The van der Waals surface area contributed by atoms with E-state index in [4.69, 9.17) is 4.74 Å². The third-order valence-corrected chi connectivity index (χ3v) is 3.89. The Morgan fingerprint density at radius 1 is 1.11 bits per heavy atom. The highest BCUT2D eigenvalue weighted by Crippen LogP contribution is 2.36. The zero-order chi connectivity index (χ0) is 14.0. The Balaban J connectivity index is 2.32. The highest BCUT2D eigenvalue weighted by atomic mass is 16.5. The van der Waals surface area contributed by atoms with E-state index in [0.717, 1.165) is 5.75 Å². The molecule has 2 nitrogen and oxygen atoms in total. The zero-order valence-corrected chi connectivity index (χ0v) is 13.0. The van der Waals surface area contributed by atoms with E-state index in [1.165, 1.54) is 36.9 Å². The van der Waals surface area contributed by atoms with Crippen LogP contribution in [0, 0.1) is 0 Å². The SMILES string of the molecule is CN(C)c1ccc(C(C)(C)C)c(OC2CCCC2)c1. The van der Waals surface area contributed by atoms with Crippen LogP contribution in [0.4, 0.5) is 5.69 Å². The van der Waals surface area contributed by atoms with E-state index in [2.05, 4.69) is 58.0 Å². The molecule has 0 atom stereocenters. The fraction of sp³-hybridized carbons (Fsp3) is 0.647. The summed E-state index contributed by atoms with van der Waals surface area (Å²) in [5, 5.41) is 0. The molecule has 0 aromatic heterocycles. The van der Waals surface area contributed by atoms with Gasteiger partial charge in [-0.25, -0.2) is 0 Å². The second kappa shape index (κ2) is 5.44. The minimum atomic E-state index is 0.124. The maximum atomic E-state index is 6.30. The molecule has 0 bridgehead atoms. The molecule has 0 heterocycles. The molecule has 1 saturated carbocycles. The summed E-state index contributed by atoms with van der Waals surface area (Å²) in [4.78, 5) is 2.13. The van der Waals surface area contributed by atoms with Crippen LogP contribution in [0.3, 0.4) is 0 Å². The highest BCUT2D eigenvalue weighted by Gasteiger charge is 2.23. The van der Waals surface area contributed by atoms with E-state index >= 15 is 0 Å². The summed E-state index contributed by atoms with van der Waals surface area (Å²) in [6.45, 7) is 6.75. The van der Waals surface area contributed by atoms with Crippen molar-refractivity contribution in [1.29, 1.82) is 0 Å². The molecule has 0 saturated heterocycles. The van der Waals surface area contributed by atoms with Gasteiger partial charge in [-0.3, -0.25) is 0 Å². The first-order valence-electron chi connectivity index (χ1n) is 7.36. The summed E-state index contributed by atoms with van der Waals surface area (Å²) in [6.07, 6.45) is 5.44. The second-order valence-corrected chi connectivity index (χ2v) is 6.85. The molecule has 1 aromatic carbocycles. The van der Waals surface area contributed by atoms with Crippen LogP contribution < -0.4 is 9.64 Å². The van der Waals surface area contributed by atoms with Crippen molar-refractivity contribution >= 4 is 5.69 Å². The lowest BCUT2D eigenvalue weighted by molar-refractivity contribution is 0.205. The molecule has 0 aliphatic heterocycles. The van der Waals surface area contributed by atoms with E-state index in [9.17, 15) is 0 Å². The molecule has 19 heavy (non-hydrogen) atoms. The summed E-state index contributed by atoms with van der Waals surface area (Å²) >= 11 is 0. The number of ether oxygens (including phenoxy) is 1.